The molecule has 0 saturated heterocycles. The van der Waals surface area contributed by atoms with E-state index in [0.29, 0.717) is 34.9 Å². The van der Waals surface area contributed by atoms with Crippen LogP contribution in [0.3, 0.4) is 0 Å². The second kappa shape index (κ2) is 7.42. The molecule has 0 radical (unpaired) electrons. The van der Waals surface area contributed by atoms with E-state index >= 15 is 0 Å². The van der Waals surface area contributed by atoms with E-state index in [1.54, 1.807) is 0 Å². The Morgan fingerprint density at radius 2 is 1.77 bits per heavy atom. The summed E-state index contributed by atoms with van der Waals surface area (Å²) in [6.07, 6.45) is 11.0. The van der Waals surface area contributed by atoms with Crippen LogP contribution in [0.5, 0.6) is 0 Å². The summed E-state index contributed by atoms with van der Waals surface area (Å²) in [5.41, 5.74) is 2.01. The maximum Gasteiger partial charge on any atom is 0.136 e. The molecule has 5 rings (SSSR count). The van der Waals surface area contributed by atoms with E-state index in [0.717, 1.165) is 44.1 Å². The van der Waals surface area contributed by atoms with Gasteiger partial charge in [0.1, 0.15) is 5.78 Å². The third-order valence-corrected chi connectivity index (χ3v) is 11.1. The van der Waals surface area contributed by atoms with Crippen LogP contribution in [-0.4, -0.2) is 29.3 Å². The first-order valence-corrected chi connectivity index (χ1v) is 13.0. The minimum absolute atomic E-state index is 0.113. The summed E-state index contributed by atoms with van der Waals surface area (Å²) in [6.45, 7) is 10.8. The second-order valence-corrected chi connectivity index (χ2v) is 12.5. The van der Waals surface area contributed by atoms with Gasteiger partial charge in [0.15, 0.2) is 0 Å². The number of carbonyl (C=O) groups is 1. The van der Waals surface area contributed by atoms with Crippen LogP contribution in [0.25, 0.3) is 0 Å². The van der Waals surface area contributed by atoms with Gasteiger partial charge >= 0.3 is 0 Å². The van der Waals surface area contributed by atoms with Gasteiger partial charge in [0.05, 0.1) is 6.10 Å². The van der Waals surface area contributed by atoms with Crippen molar-refractivity contribution in [3.63, 3.8) is 0 Å². The van der Waals surface area contributed by atoms with Crippen LogP contribution in [0.2, 0.25) is 0 Å². The Balaban J connectivity index is 1.39. The van der Waals surface area contributed by atoms with Gasteiger partial charge in [0.25, 0.3) is 0 Å². The molecule has 3 nitrogen and oxygen atoms in total. The maximum atomic E-state index is 13.3. The summed E-state index contributed by atoms with van der Waals surface area (Å²) >= 11 is 0. The molecule has 168 valence electrons. The highest BCUT2D eigenvalue weighted by atomic mass is 16.3. The molecule has 3 heteroatoms. The monoisotopic (exact) mass is 413 g/mol. The number of Topliss-reactive ketones (excluding diaryl/α,β-unsaturated/α-hetero) is 1. The van der Waals surface area contributed by atoms with Gasteiger partial charge in [-0.25, -0.2) is 0 Å². The predicted octanol–water partition coefficient (Wildman–Crippen LogP) is 5.69. The van der Waals surface area contributed by atoms with Gasteiger partial charge in [-0.2, -0.15) is 0 Å². The van der Waals surface area contributed by atoms with Gasteiger partial charge in [0.2, 0.25) is 0 Å². The van der Waals surface area contributed by atoms with Crippen LogP contribution in [0.4, 0.5) is 0 Å². The number of aliphatic hydroxyl groups is 1. The molecule has 0 unspecified atom stereocenters. The van der Waals surface area contributed by atoms with Gasteiger partial charge in [-0.1, -0.05) is 27.7 Å². The fraction of sp³-hybridized carbons (Fsp3) is 0.926. The average Bonchev–Trinajstić information content (AvgIpc) is 3.07. The molecule has 1 N–H and O–H groups in total. The lowest BCUT2D eigenvalue weighted by Crippen LogP contribution is -2.57. The Morgan fingerprint density at radius 3 is 2.50 bits per heavy atom. The van der Waals surface area contributed by atoms with Crippen LogP contribution in [0.15, 0.2) is 4.99 Å². The van der Waals surface area contributed by atoms with Gasteiger partial charge in [0, 0.05) is 24.6 Å². The molecule has 5 aliphatic rings. The zero-order valence-corrected chi connectivity index (χ0v) is 19.7. The van der Waals surface area contributed by atoms with E-state index in [4.69, 9.17) is 4.99 Å². The topological polar surface area (TPSA) is 49.7 Å². The molecule has 0 bridgehead atoms. The minimum Gasteiger partial charge on any atom is -0.393 e. The summed E-state index contributed by atoms with van der Waals surface area (Å²) in [4.78, 5) is 18.3. The predicted molar refractivity (Wildman–Crippen MR) is 121 cm³/mol. The number of aliphatic hydroxyl groups excluding tert-OH is 1. The zero-order valence-electron chi connectivity index (χ0n) is 19.7. The quantitative estimate of drug-likeness (QED) is 0.632. The first-order valence-electron chi connectivity index (χ1n) is 13.0. The molecular formula is C27H43NO2. The normalized spacial score (nSPS) is 52.1. The Hall–Kier alpha value is -0.700. The van der Waals surface area contributed by atoms with Gasteiger partial charge in [-0.05, 0) is 104 Å². The first-order chi connectivity index (χ1) is 14.2. The van der Waals surface area contributed by atoms with E-state index in [9.17, 15) is 9.90 Å². The number of nitrogens with zero attached hydrogens (tertiary/aromatic N) is 1. The molecule has 1 aliphatic heterocycles. The number of ketones is 1. The standard InChI is InChI=1S/C27H43NO2/c1-16-5-8-24(28-15-16)17(2)20-6-7-21-19-14-25(30)23-13-18(29)9-11-27(23,4)22(19)10-12-26(20,21)3/h16-23,29H,5-15H2,1-4H3/t16-,17-,18-,19+,20-,21-,22+,23+,26+,27+/m0/s1. The Labute approximate surface area is 183 Å². The van der Waals surface area contributed by atoms with Gasteiger partial charge in [-0.15, -0.1) is 0 Å². The van der Waals surface area contributed by atoms with Crippen molar-refractivity contribution in [3.8, 4) is 0 Å². The largest absolute Gasteiger partial charge is 0.393 e. The average molecular weight is 414 g/mol. The highest BCUT2D eigenvalue weighted by molar-refractivity contribution is 5.87. The smallest absolute Gasteiger partial charge is 0.136 e. The van der Waals surface area contributed by atoms with Crippen molar-refractivity contribution in [2.75, 3.05) is 6.54 Å². The van der Waals surface area contributed by atoms with Crippen LogP contribution in [0.1, 0.15) is 91.9 Å². The molecule has 0 aromatic carbocycles. The number of rotatable bonds is 2. The SMILES string of the molecule is C[C@H]1CCC([C@@H](C)[C@@H]2CC[C@H]3[C@H]4CC(=O)[C@H]5C[C@@H](O)CC[C@]5(C)[C@@H]4CC[C@@]32C)=NC1. The van der Waals surface area contributed by atoms with E-state index in [1.165, 1.54) is 44.2 Å². The molecule has 4 aliphatic carbocycles. The van der Waals surface area contributed by atoms with E-state index in [2.05, 4.69) is 27.7 Å². The summed E-state index contributed by atoms with van der Waals surface area (Å²) in [5.74, 6) is 4.66. The summed E-state index contributed by atoms with van der Waals surface area (Å²) in [7, 11) is 0. The van der Waals surface area contributed by atoms with Crippen molar-refractivity contribution in [2.45, 2.75) is 98.0 Å². The molecular weight excluding hydrogens is 370 g/mol. The summed E-state index contributed by atoms with van der Waals surface area (Å²) < 4.78 is 0. The third kappa shape index (κ3) is 3.08. The Kier molecular flexibility index (Phi) is 5.24. The number of hydrogen-bond acceptors (Lipinski definition) is 3. The van der Waals surface area contributed by atoms with Crippen LogP contribution in [0, 0.1) is 52.3 Å². The van der Waals surface area contributed by atoms with Crippen molar-refractivity contribution in [2.24, 2.45) is 57.2 Å². The Bertz CT molecular complexity index is 730. The molecule has 1 heterocycles. The van der Waals surface area contributed by atoms with Crippen molar-refractivity contribution in [1.82, 2.24) is 0 Å². The molecule has 30 heavy (non-hydrogen) atoms. The van der Waals surface area contributed by atoms with Crippen molar-refractivity contribution in [1.29, 1.82) is 0 Å². The second-order valence-electron chi connectivity index (χ2n) is 12.5. The zero-order chi connectivity index (χ0) is 21.3. The van der Waals surface area contributed by atoms with Gasteiger partial charge in [-0.3, -0.25) is 9.79 Å². The van der Waals surface area contributed by atoms with Crippen LogP contribution < -0.4 is 0 Å². The Morgan fingerprint density at radius 1 is 1.03 bits per heavy atom. The number of carbonyl (C=O) groups excluding carboxylic acids is 1. The van der Waals surface area contributed by atoms with Gasteiger partial charge < -0.3 is 5.11 Å². The number of aliphatic imine (C=N–C) groups is 1. The first kappa shape index (κ1) is 21.2. The third-order valence-electron chi connectivity index (χ3n) is 11.1. The molecule has 4 saturated carbocycles. The highest BCUT2D eigenvalue weighted by Crippen LogP contribution is 2.67. The lowest BCUT2D eigenvalue weighted by molar-refractivity contribution is -0.159. The van der Waals surface area contributed by atoms with E-state index < -0.39 is 0 Å². The van der Waals surface area contributed by atoms with Crippen molar-refractivity contribution >= 4 is 11.5 Å². The van der Waals surface area contributed by atoms with E-state index in [-0.39, 0.29) is 17.4 Å². The lowest BCUT2D eigenvalue weighted by Gasteiger charge is -2.60. The maximum absolute atomic E-state index is 13.3. The molecule has 0 spiro atoms. The van der Waals surface area contributed by atoms with Crippen LogP contribution in [-0.2, 0) is 4.79 Å². The molecule has 4 fully saturated rings. The van der Waals surface area contributed by atoms with Crippen molar-refractivity contribution < 1.29 is 9.90 Å². The molecule has 10 atom stereocenters. The number of fused-ring (bicyclic) bond motifs is 5. The molecule has 0 amide bonds. The lowest BCUT2D eigenvalue weighted by atomic mass is 9.44. The summed E-state index contributed by atoms with van der Waals surface area (Å²) in [5, 5.41) is 10.2. The summed E-state index contributed by atoms with van der Waals surface area (Å²) in [6, 6.07) is 0. The fourth-order valence-corrected chi connectivity index (χ4v) is 9.32. The highest BCUT2D eigenvalue weighted by Gasteiger charge is 2.62. The van der Waals surface area contributed by atoms with Crippen molar-refractivity contribution in [3.05, 3.63) is 0 Å². The number of hydrogen-bond donors (Lipinski definition) is 1. The fourth-order valence-electron chi connectivity index (χ4n) is 9.32. The van der Waals surface area contributed by atoms with E-state index in [1.807, 2.05) is 0 Å². The van der Waals surface area contributed by atoms with Crippen LogP contribution >= 0.6 is 0 Å². The minimum atomic E-state index is -0.256. The molecule has 0 aromatic rings. The molecule has 0 aromatic heterocycles.